The molecule has 0 saturated heterocycles. The summed E-state index contributed by atoms with van der Waals surface area (Å²) in [5.74, 6) is -1.40. The molecule has 5 heteroatoms. The smallest absolute Gasteiger partial charge is 0.332 e. The predicted octanol–water partition coefficient (Wildman–Crippen LogP) is 3.86. The van der Waals surface area contributed by atoms with Crippen molar-refractivity contribution in [2.24, 2.45) is 5.73 Å². The Morgan fingerprint density at radius 2 is 1.25 bits per heavy atom. The van der Waals surface area contributed by atoms with Gasteiger partial charge in [0.1, 0.15) is 6.04 Å². The van der Waals surface area contributed by atoms with E-state index in [2.05, 4.69) is 11.7 Å². The number of aliphatic hydroxyl groups excluding tert-OH is 1. The van der Waals surface area contributed by atoms with Crippen molar-refractivity contribution in [3.05, 3.63) is 0 Å². The summed E-state index contributed by atoms with van der Waals surface area (Å²) >= 11 is 0. The molecule has 0 aromatic carbocycles. The molecule has 0 aromatic heterocycles. The van der Waals surface area contributed by atoms with E-state index in [0.717, 1.165) is 19.3 Å². The van der Waals surface area contributed by atoms with Crippen LogP contribution < -0.4 is 5.73 Å². The summed E-state index contributed by atoms with van der Waals surface area (Å²) in [5.41, 5.74) is 5.26. The topological polar surface area (TPSA) is 89.6 Å². The van der Waals surface area contributed by atoms with Gasteiger partial charge in [-0.05, 0) is 6.42 Å². The summed E-state index contributed by atoms with van der Waals surface area (Å²) in [6, 6.07) is -1.12. The van der Waals surface area contributed by atoms with Gasteiger partial charge in [0.15, 0.2) is 0 Å². The average Bonchev–Trinajstić information content (AvgIpc) is 2.58. The number of unbranched alkanes of at least 4 members (excludes halogenated alkanes) is 12. The fourth-order valence-corrected chi connectivity index (χ4v) is 2.60. The van der Waals surface area contributed by atoms with Crippen molar-refractivity contribution in [3.8, 4) is 0 Å². The molecule has 0 heterocycles. The third kappa shape index (κ3) is 14.6. The first kappa shape index (κ1) is 23.1. The lowest BCUT2D eigenvalue weighted by Crippen LogP contribution is -2.36. The molecular weight excluding hydrogens is 306 g/mol. The van der Waals surface area contributed by atoms with E-state index >= 15 is 0 Å². The van der Waals surface area contributed by atoms with Crippen LogP contribution in [-0.4, -0.2) is 29.7 Å². The molecule has 0 fully saturated rings. The Morgan fingerprint density at radius 1 is 0.833 bits per heavy atom. The van der Waals surface area contributed by atoms with Crippen molar-refractivity contribution in [2.75, 3.05) is 6.61 Å². The standard InChI is InChI=1S/C19H37NO4/c1-2-3-4-5-6-7-8-9-10-11-12-13-14-15-18(22)24-19(23)17(20)16-21/h17,21H,2-16,20H2,1H3/t17-/m0/s1. The van der Waals surface area contributed by atoms with Crippen molar-refractivity contribution in [1.82, 2.24) is 0 Å². The van der Waals surface area contributed by atoms with Gasteiger partial charge in [0, 0.05) is 6.42 Å². The molecule has 142 valence electrons. The lowest BCUT2D eigenvalue weighted by atomic mass is 10.0. The normalized spacial score (nSPS) is 12.1. The molecule has 0 aromatic rings. The maximum atomic E-state index is 11.4. The summed E-state index contributed by atoms with van der Waals surface area (Å²) in [6.07, 6.45) is 16.4. The number of aliphatic hydroxyl groups is 1. The fourth-order valence-electron chi connectivity index (χ4n) is 2.60. The first-order chi connectivity index (χ1) is 11.6. The molecule has 0 saturated carbocycles. The highest BCUT2D eigenvalue weighted by Gasteiger charge is 2.17. The molecule has 0 aliphatic rings. The number of esters is 2. The fraction of sp³-hybridized carbons (Fsp3) is 0.895. The van der Waals surface area contributed by atoms with Crippen molar-refractivity contribution >= 4 is 11.9 Å². The molecule has 0 rings (SSSR count). The van der Waals surface area contributed by atoms with Crippen LogP contribution in [0.2, 0.25) is 0 Å². The van der Waals surface area contributed by atoms with Crippen LogP contribution in [0.4, 0.5) is 0 Å². The Balaban J connectivity index is 3.27. The van der Waals surface area contributed by atoms with Crippen LogP contribution in [0.25, 0.3) is 0 Å². The van der Waals surface area contributed by atoms with Gasteiger partial charge in [-0.1, -0.05) is 84.0 Å². The molecule has 0 amide bonds. The van der Waals surface area contributed by atoms with Gasteiger partial charge in [0.25, 0.3) is 0 Å². The predicted molar refractivity (Wildman–Crippen MR) is 96.5 cm³/mol. The Morgan fingerprint density at radius 3 is 1.67 bits per heavy atom. The van der Waals surface area contributed by atoms with Crippen molar-refractivity contribution in [1.29, 1.82) is 0 Å². The molecule has 0 bridgehead atoms. The van der Waals surface area contributed by atoms with Crippen molar-refractivity contribution in [3.63, 3.8) is 0 Å². The third-order valence-corrected chi connectivity index (χ3v) is 4.20. The van der Waals surface area contributed by atoms with Crippen LogP contribution >= 0.6 is 0 Å². The number of rotatable bonds is 16. The van der Waals surface area contributed by atoms with Gasteiger partial charge >= 0.3 is 11.9 Å². The van der Waals surface area contributed by atoms with Gasteiger partial charge in [-0.2, -0.15) is 0 Å². The number of hydrogen-bond acceptors (Lipinski definition) is 5. The van der Waals surface area contributed by atoms with E-state index in [4.69, 9.17) is 10.8 Å². The molecule has 3 N–H and O–H groups in total. The molecule has 0 radical (unpaired) electrons. The van der Waals surface area contributed by atoms with E-state index in [1.54, 1.807) is 0 Å². The van der Waals surface area contributed by atoms with Gasteiger partial charge in [0.05, 0.1) is 6.61 Å². The van der Waals surface area contributed by atoms with Crippen LogP contribution in [0, 0.1) is 0 Å². The second-order valence-corrected chi connectivity index (χ2v) is 6.57. The van der Waals surface area contributed by atoms with Gasteiger partial charge in [-0.25, -0.2) is 4.79 Å². The second kappa shape index (κ2) is 16.9. The van der Waals surface area contributed by atoms with Crippen molar-refractivity contribution < 1.29 is 19.4 Å². The summed E-state index contributed by atoms with van der Waals surface area (Å²) in [7, 11) is 0. The highest BCUT2D eigenvalue weighted by Crippen LogP contribution is 2.13. The first-order valence-corrected chi connectivity index (χ1v) is 9.72. The number of ether oxygens (including phenoxy) is 1. The molecular formula is C19H37NO4. The zero-order valence-corrected chi connectivity index (χ0v) is 15.4. The first-order valence-electron chi connectivity index (χ1n) is 9.72. The zero-order chi connectivity index (χ0) is 18.0. The number of carbonyl (C=O) groups excluding carboxylic acids is 2. The Labute approximate surface area is 147 Å². The van der Waals surface area contributed by atoms with Gasteiger partial charge in [-0.15, -0.1) is 0 Å². The van der Waals surface area contributed by atoms with Crippen LogP contribution in [0.3, 0.4) is 0 Å². The summed E-state index contributed by atoms with van der Waals surface area (Å²) in [5, 5.41) is 8.68. The molecule has 0 aliphatic heterocycles. The molecule has 0 aliphatic carbocycles. The van der Waals surface area contributed by atoms with Crippen LogP contribution in [0.1, 0.15) is 96.8 Å². The van der Waals surface area contributed by atoms with Gasteiger partial charge in [0.2, 0.25) is 0 Å². The Kier molecular flexibility index (Phi) is 16.2. The minimum Gasteiger partial charge on any atom is -0.394 e. The zero-order valence-electron chi connectivity index (χ0n) is 15.4. The third-order valence-electron chi connectivity index (χ3n) is 4.20. The maximum absolute atomic E-state index is 11.4. The SMILES string of the molecule is CCCCCCCCCCCCCCCC(=O)OC(=O)[C@@H](N)CO. The van der Waals surface area contributed by atoms with E-state index in [-0.39, 0.29) is 6.42 Å². The van der Waals surface area contributed by atoms with E-state index in [9.17, 15) is 9.59 Å². The lowest BCUT2D eigenvalue weighted by Gasteiger charge is -2.07. The molecule has 1 atom stereocenters. The van der Waals surface area contributed by atoms with E-state index < -0.39 is 24.6 Å². The Bertz CT molecular complexity index is 320. The summed E-state index contributed by atoms with van der Waals surface area (Å²) < 4.78 is 4.55. The van der Waals surface area contributed by atoms with Crippen LogP contribution in [0.5, 0.6) is 0 Å². The van der Waals surface area contributed by atoms with Gasteiger partial charge < -0.3 is 15.6 Å². The summed E-state index contributed by atoms with van der Waals surface area (Å²) in [6.45, 7) is 1.74. The second-order valence-electron chi connectivity index (χ2n) is 6.57. The minimum absolute atomic E-state index is 0.238. The van der Waals surface area contributed by atoms with Crippen LogP contribution in [0.15, 0.2) is 0 Å². The number of hydrogen-bond donors (Lipinski definition) is 2. The molecule has 0 spiro atoms. The van der Waals surface area contributed by atoms with Gasteiger partial charge in [-0.3, -0.25) is 4.79 Å². The Hall–Kier alpha value is -0.940. The highest BCUT2D eigenvalue weighted by atomic mass is 16.6. The quantitative estimate of drug-likeness (QED) is 0.252. The minimum atomic E-state index is -1.12. The molecule has 5 nitrogen and oxygen atoms in total. The number of nitrogens with two attached hydrogens (primary N) is 1. The number of carbonyl (C=O) groups is 2. The lowest BCUT2D eigenvalue weighted by molar-refractivity contribution is -0.161. The van der Waals surface area contributed by atoms with Crippen molar-refractivity contribution in [2.45, 2.75) is 103 Å². The van der Waals surface area contributed by atoms with E-state index in [0.29, 0.717) is 0 Å². The summed E-state index contributed by atoms with van der Waals surface area (Å²) in [4.78, 5) is 22.6. The van der Waals surface area contributed by atoms with Crippen LogP contribution in [-0.2, 0) is 14.3 Å². The average molecular weight is 344 g/mol. The molecule has 24 heavy (non-hydrogen) atoms. The monoisotopic (exact) mass is 343 g/mol. The molecule has 0 unspecified atom stereocenters. The van der Waals surface area contributed by atoms with E-state index in [1.807, 2.05) is 0 Å². The highest BCUT2D eigenvalue weighted by molar-refractivity contribution is 5.88. The maximum Gasteiger partial charge on any atom is 0.332 e. The van der Waals surface area contributed by atoms with E-state index in [1.165, 1.54) is 64.2 Å². The largest absolute Gasteiger partial charge is 0.394 e.